The molecule has 2 atom stereocenters. The van der Waals surface area contributed by atoms with Gasteiger partial charge in [0.2, 0.25) is 0 Å². The van der Waals surface area contributed by atoms with Crippen LogP contribution in [0.25, 0.3) is 0 Å². The third-order valence-electron chi connectivity index (χ3n) is 5.91. The van der Waals surface area contributed by atoms with Gasteiger partial charge in [-0.3, -0.25) is 4.79 Å². The lowest BCUT2D eigenvalue weighted by Crippen LogP contribution is -2.39. The van der Waals surface area contributed by atoms with E-state index in [1.54, 1.807) is 20.3 Å². The number of methoxy groups -OCH3 is 2. The van der Waals surface area contributed by atoms with Crippen LogP contribution in [0.5, 0.6) is 17.2 Å². The van der Waals surface area contributed by atoms with E-state index in [1.807, 2.05) is 44.3 Å². The number of hydrogen-bond donors (Lipinski definition) is 2. The number of rotatable bonds is 10. The number of carboxylic acids is 1. The fraction of sp³-hybridized carbons (Fsp3) is 0.480. The maximum atomic E-state index is 12.3. The lowest BCUT2D eigenvalue weighted by molar-refractivity contribution is -0.142. The van der Waals surface area contributed by atoms with Crippen LogP contribution in [0.15, 0.2) is 41.3 Å². The molecule has 0 bridgehead atoms. The van der Waals surface area contributed by atoms with Gasteiger partial charge in [-0.1, -0.05) is 12.1 Å². The van der Waals surface area contributed by atoms with Crippen LogP contribution in [-0.4, -0.2) is 66.5 Å². The van der Waals surface area contributed by atoms with Gasteiger partial charge in [0.05, 0.1) is 19.1 Å². The third-order valence-corrected chi connectivity index (χ3v) is 7.39. The number of benzene rings is 2. The maximum absolute atomic E-state index is 12.3. The summed E-state index contributed by atoms with van der Waals surface area (Å²) in [6.45, 7) is 3.54. The Morgan fingerprint density at radius 1 is 1.18 bits per heavy atom. The number of thioether (sulfide) groups is 1. The van der Waals surface area contributed by atoms with Gasteiger partial charge in [-0.25, -0.2) is 0 Å². The topological polar surface area (TPSA) is 88.5 Å². The Hall–Kier alpha value is -2.42. The quantitative estimate of drug-likeness (QED) is 0.533. The number of ether oxygens (including phenoxy) is 3. The lowest BCUT2D eigenvalue weighted by Gasteiger charge is -2.29. The van der Waals surface area contributed by atoms with Crippen molar-refractivity contribution in [2.24, 2.45) is 0 Å². The van der Waals surface area contributed by atoms with Crippen LogP contribution >= 0.6 is 11.8 Å². The van der Waals surface area contributed by atoms with E-state index in [2.05, 4.69) is 4.90 Å². The highest BCUT2D eigenvalue weighted by Gasteiger charge is 2.44. The SMILES string of the molecule is COc1ccc(CCN(C)CCCC2(C(=O)O)CC(O)Oc3ccc(C)cc3S2)cc1OC. The van der Waals surface area contributed by atoms with Crippen molar-refractivity contribution in [1.82, 2.24) is 4.90 Å². The summed E-state index contributed by atoms with van der Waals surface area (Å²) >= 11 is 1.29. The molecule has 2 aromatic rings. The first-order valence-corrected chi connectivity index (χ1v) is 11.8. The largest absolute Gasteiger partial charge is 0.493 e. The summed E-state index contributed by atoms with van der Waals surface area (Å²) in [6.07, 6.45) is 0.850. The van der Waals surface area contributed by atoms with E-state index in [4.69, 9.17) is 14.2 Å². The van der Waals surface area contributed by atoms with Crippen molar-refractivity contribution in [2.75, 3.05) is 34.4 Å². The normalized spacial score (nSPS) is 20.0. The average molecular weight is 476 g/mol. The van der Waals surface area contributed by atoms with Crippen molar-refractivity contribution in [3.8, 4) is 17.2 Å². The van der Waals surface area contributed by atoms with Gasteiger partial charge in [-0.15, -0.1) is 11.8 Å². The molecule has 0 aliphatic carbocycles. The highest BCUT2D eigenvalue weighted by atomic mass is 32.2. The van der Waals surface area contributed by atoms with E-state index < -0.39 is 17.0 Å². The van der Waals surface area contributed by atoms with E-state index in [-0.39, 0.29) is 6.42 Å². The number of carboxylic acid groups (broad SMARTS) is 1. The number of aliphatic hydroxyl groups is 1. The molecule has 0 spiro atoms. The highest BCUT2D eigenvalue weighted by molar-refractivity contribution is 8.01. The molecule has 7 nitrogen and oxygen atoms in total. The highest BCUT2D eigenvalue weighted by Crippen LogP contribution is 2.47. The van der Waals surface area contributed by atoms with E-state index in [1.165, 1.54) is 11.8 Å². The number of hydrogen-bond acceptors (Lipinski definition) is 7. The summed E-state index contributed by atoms with van der Waals surface area (Å²) < 4.78 is 15.1. The van der Waals surface area contributed by atoms with Crippen LogP contribution in [0.2, 0.25) is 0 Å². The van der Waals surface area contributed by atoms with Gasteiger partial charge in [0.1, 0.15) is 10.5 Å². The molecule has 0 saturated carbocycles. The van der Waals surface area contributed by atoms with Crippen molar-refractivity contribution in [2.45, 2.75) is 48.5 Å². The molecule has 0 amide bonds. The molecular formula is C25H33NO6S. The van der Waals surface area contributed by atoms with E-state index >= 15 is 0 Å². The zero-order chi connectivity index (χ0) is 24.0. The minimum Gasteiger partial charge on any atom is -0.493 e. The molecule has 0 saturated heterocycles. The number of carbonyl (C=O) groups is 1. The Labute approximate surface area is 199 Å². The summed E-state index contributed by atoms with van der Waals surface area (Å²) in [5, 5.41) is 20.5. The molecule has 8 heteroatoms. The Bertz CT molecular complexity index is 968. The molecule has 180 valence electrons. The smallest absolute Gasteiger partial charge is 0.320 e. The second-order valence-corrected chi connectivity index (χ2v) is 9.90. The van der Waals surface area contributed by atoms with E-state index in [9.17, 15) is 15.0 Å². The van der Waals surface area contributed by atoms with Crippen molar-refractivity contribution in [1.29, 1.82) is 0 Å². The fourth-order valence-corrected chi connectivity index (χ4v) is 5.45. The lowest BCUT2D eigenvalue weighted by atomic mass is 9.97. The molecule has 1 heterocycles. The van der Waals surface area contributed by atoms with Crippen LogP contribution in [0.3, 0.4) is 0 Å². The van der Waals surface area contributed by atoms with Crippen LogP contribution in [0.1, 0.15) is 30.4 Å². The van der Waals surface area contributed by atoms with Gasteiger partial charge in [-0.05, 0) is 75.2 Å². The number of aliphatic hydroxyl groups excluding tert-OH is 1. The zero-order valence-electron chi connectivity index (χ0n) is 19.7. The second-order valence-electron chi connectivity index (χ2n) is 8.47. The molecule has 0 radical (unpaired) electrons. The molecule has 2 aromatic carbocycles. The number of aliphatic carboxylic acids is 1. The summed E-state index contributed by atoms with van der Waals surface area (Å²) in [5.41, 5.74) is 2.17. The van der Waals surface area contributed by atoms with Gasteiger partial charge in [0, 0.05) is 13.0 Å². The van der Waals surface area contributed by atoms with Crippen LogP contribution in [0, 0.1) is 6.92 Å². The molecule has 1 aliphatic heterocycles. The minimum atomic E-state index is -1.15. The van der Waals surface area contributed by atoms with Crippen LogP contribution in [0.4, 0.5) is 0 Å². The number of likely N-dealkylation sites (N-methyl/N-ethyl adjacent to an activating group) is 1. The predicted octanol–water partition coefficient (Wildman–Crippen LogP) is 3.98. The molecule has 3 rings (SSSR count). The summed E-state index contributed by atoms with van der Waals surface area (Å²) in [6, 6.07) is 11.5. The second kappa shape index (κ2) is 11.1. The molecule has 0 aromatic heterocycles. The van der Waals surface area contributed by atoms with Gasteiger partial charge in [-0.2, -0.15) is 0 Å². The Morgan fingerprint density at radius 3 is 2.64 bits per heavy atom. The van der Waals surface area contributed by atoms with Crippen molar-refractivity contribution in [3.63, 3.8) is 0 Å². The fourth-order valence-electron chi connectivity index (χ4n) is 4.01. The summed E-state index contributed by atoms with van der Waals surface area (Å²) in [4.78, 5) is 15.3. The van der Waals surface area contributed by atoms with Crippen LogP contribution < -0.4 is 14.2 Å². The Morgan fingerprint density at radius 2 is 1.94 bits per heavy atom. The number of aryl methyl sites for hydroxylation is 1. The average Bonchev–Trinajstić information content (AvgIpc) is 2.93. The monoisotopic (exact) mass is 475 g/mol. The standard InChI is InChI=1S/C25H33NO6S/c1-17-6-8-20-22(14-17)33-25(24(28)29,16-23(27)32-20)11-5-12-26(2)13-10-18-7-9-19(30-3)21(15-18)31-4/h6-9,14-15,23,27H,5,10-13,16H2,1-4H3,(H,28,29). The number of fused-ring (bicyclic) bond motifs is 1. The van der Waals surface area contributed by atoms with E-state index in [0.717, 1.165) is 35.5 Å². The van der Waals surface area contributed by atoms with Gasteiger partial charge in [0.25, 0.3) is 0 Å². The molecule has 2 N–H and O–H groups in total. The molecule has 0 fully saturated rings. The minimum absolute atomic E-state index is 0.0378. The molecule has 2 unspecified atom stereocenters. The van der Waals surface area contributed by atoms with Crippen molar-refractivity contribution < 1.29 is 29.2 Å². The third kappa shape index (κ3) is 6.34. The van der Waals surface area contributed by atoms with Gasteiger partial charge < -0.3 is 29.3 Å². The van der Waals surface area contributed by atoms with Gasteiger partial charge in [0.15, 0.2) is 17.8 Å². The summed E-state index contributed by atoms with van der Waals surface area (Å²) in [5.74, 6) is 1.03. The van der Waals surface area contributed by atoms with E-state index in [0.29, 0.717) is 30.1 Å². The molecular weight excluding hydrogens is 442 g/mol. The molecule has 1 aliphatic rings. The summed E-state index contributed by atoms with van der Waals surface area (Å²) in [7, 11) is 5.27. The molecule has 33 heavy (non-hydrogen) atoms. The first kappa shape index (κ1) is 25.2. The Balaban J connectivity index is 1.59. The van der Waals surface area contributed by atoms with Crippen molar-refractivity contribution in [3.05, 3.63) is 47.5 Å². The zero-order valence-corrected chi connectivity index (χ0v) is 20.5. The predicted molar refractivity (Wildman–Crippen MR) is 129 cm³/mol. The first-order chi connectivity index (χ1) is 15.8. The Kier molecular flexibility index (Phi) is 8.51. The maximum Gasteiger partial charge on any atom is 0.320 e. The first-order valence-electron chi connectivity index (χ1n) is 11.0. The van der Waals surface area contributed by atoms with Crippen molar-refractivity contribution >= 4 is 17.7 Å². The number of nitrogens with zero attached hydrogens (tertiary/aromatic N) is 1. The van der Waals surface area contributed by atoms with Crippen LogP contribution in [-0.2, 0) is 11.2 Å². The van der Waals surface area contributed by atoms with Gasteiger partial charge >= 0.3 is 5.97 Å².